The quantitative estimate of drug-likeness (QED) is 0.722. The summed E-state index contributed by atoms with van der Waals surface area (Å²) in [7, 11) is 0. The standard InChI is InChI=1S/C10H9N5O/c11-7-9-12-8-15(13-9)6-5-14-4-2-1-3-10(14)16/h1-4,8H,5-6H2. The molecule has 80 valence electrons. The lowest BCUT2D eigenvalue weighted by Crippen LogP contribution is -2.20. The van der Waals surface area contributed by atoms with Crippen LogP contribution in [0, 0.1) is 11.3 Å². The monoisotopic (exact) mass is 215 g/mol. The smallest absolute Gasteiger partial charge is 0.252 e. The molecule has 0 saturated heterocycles. The number of aryl methyl sites for hydroxylation is 2. The maximum atomic E-state index is 11.4. The summed E-state index contributed by atoms with van der Waals surface area (Å²) in [6.45, 7) is 1.02. The lowest BCUT2D eigenvalue weighted by atomic mass is 10.4. The van der Waals surface area contributed by atoms with Gasteiger partial charge < -0.3 is 4.57 Å². The third-order valence-corrected chi connectivity index (χ3v) is 2.11. The summed E-state index contributed by atoms with van der Waals surface area (Å²) in [5.41, 5.74) is -0.0527. The van der Waals surface area contributed by atoms with E-state index in [1.54, 1.807) is 22.9 Å². The van der Waals surface area contributed by atoms with Gasteiger partial charge in [-0.1, -0.05) is 6.07 Å². The molecule has 0 aliphatic rings. The van der Waals surface area contributed by atoms with E-state index in [1.807, 2.05) is 6.07 Å². The van der Waals surface area contributed by atoms with Crippen LogP contribution >= 0.6 is 0 Å². The molecule has 0 saturated carbocycles. The molecule has 0 amide bonds. The molecule has 2 aromatic rings. The van der Waals surface area contributed by atoms with E-state index in [9.17, 15) is 4.79 Å². The zero-order valence-corrected chi connectivity index (χ0v) is 8.45. The van der Waals surface area contributed by atoms with Gasteiger partial charge in [-0.3, -0.25) is 4.79 Å². The maximum absolute atomic E-state index is 11.4. The van der Waals surface area contributed by atoms with Gasteiger partial charge >= 0.3 is 0 Å². The Morgan fingerprint density at radius 1 is 1.38 bits per heavy atom. The number of hydrogen-bond donors (Lipinski definition) is 0. The Balaban J connectivity index is 2.06. The van der Waals surface area contributed by atoms with Gasteiger partial charge in [0.25, 0.3) is 11.4 Å². The fraction of sp³-hybridized carbons (Fsp3) is 0.200. The van der Waals surface area contributed by atoms with Gasteiger partial charge in [0.1, 0.15) is 12.4 Å². The Labute approximate surface area is 91.4 Å². The molecule has 0 bridgehead atoms. The number of pyridine rings is 1. The first-order chi connectivity index (χ1) is 7.79. The van der Waals surface area contributed by atoms with Crippen molar-refractivity contribution in [2.24, 2.45) is 0 Å². The van der Waals surface area contributed by atoms with Crippen LogP contribution in [0.25, 0.3) is 0 Å². The number of nitrogens with zero attached hydrogens (tertiary/aromatic N) is 5. The van der Waals surface area contributed by atoms with Crippen molar-refractivity contribution in [3.8, 4) is 6.07 Å². The van der Waals surface area contributed by atoms with E-state index in [-0.39, 0.29) is 11.4 Å². The van der Waals surface area contributed by atoms with Gasteiger partial charge in [0.05, 0.1) is 6.54 Å². The Morgan fingerprint density at radius 2 is 2.25 bits per heavy atom. The summed E-state index contributed by atoms with van der Waals surface area (Å²) in [5.74, 6) is 0.139. The lowest BCUT2D eigenvalue weighted by Gasteiger charge is -2.03. The fourth-order valence-corrected chi connectivity index (χ4v) is 1.31. The average molecular weight is 215 g/mol. The molecule has 2 rings (SSSR count). The highest BCUT2D eigenvalue weighted by atomic mass is 16.1. The van der Waals surface area contributed by atoms with E-state index < -0.39 is 0 Å². The number of aromatic nitrogens is 4. The first-order valence-electron chi connectivity index (χ1n) is 4.74. The van der Waals surface area contributed by atoms with Crippen LogP contribution in [0.5, 0.6) is 0 Å². The minimum Gasteiger partial charge on any atom is -0.314 e. The number of rotatable bonds is 3. The first kappa shape index (κ1) is 10.1. The SMILES string of the molecule is N#Cc1ncn(CCn2ccccc2=O)n1. The Hall–Kier alpha value is -2.42. The molecule has 0 spiro atoms. The minimum atomic E-state index is -0.0527. The van der Waals surface area contributed by atoms with E-state index in [0.29, 0.717) is 13.1 Å². The fourth-order valence-electron chi connectivity index (χ4n) is 1.31. The van der Waals surface area contributed by atoms with Crippen LogP contribution in [-0.2, 0) is 13.1 Å². The Bertz CT molecular complexity index is 577. The molecule has 0 unspecified atom stereocenters. The lowest BCUT2D eigenvalue weighted by molar-refractivity contribution is 0.522. The third-order valence-electron chi connectivity index (χ3n) is 2.11. The second-order valence-electron chi connectivity index (χ2n) is 3.18. The third kappa shape index (κ3) is 2.15. The van der Waals surface area contributed by atoms with Crippen molar-refractivity contribution in [2.45, 2.75) is 13.1 Å². The molecule has 2 aromatic heterocycles. The highest BCUT2D eigenvalue weighted by molar-refractivity contribution is 5.05. The number of nitriles is 1. The van der Waals surface area contributed by atoms with Gasteiger partial charge in [0.2, 0.25) is 0 Å². The molecule has 0 aliphatic heterocycles. The van der Waals surface area contributed by atoms with Gasteiger partial charge in [-0.2, -0.15) is 5.26 Å². The van der Waals surface area contributed by atoms with Crippen LogP contribution in [0.3, 0.4) is 0 Å². The molecule has 16 heavy (non-hydrogen) atoms. The molecule has 6 nitrogen and oxygen atoms in total. The summed E-state index contributed by atoms with van der Waals surface area (Å²) in [6.07, 6.45) is 3.19. The second kappa shape index (κ2) is 4.40. The predicted octanol–water partition coefficient (Wildman–Crippen LogP) is 0.0117. The van der Waals surface area contributed by atoms with E-state index in [2.05, 4.69) is 10.1 Å². The molecule has 0 aromatic carbocycles. The molecular weight excluding hydrogens is 206 g/mol. The van der Waals surface area contributed by atoms with Crippen LogP contribution in [-0.4, -0.2) is 19.3 Å². The van der Waals surface area contributed by atoms with E-state index in [1.165, 1.54) is 17.1 Å². The zero-order valence-electron chi connectivity index (χ0n) is 8.45. The van der Waals surface area contributed by atoms with Crippen LogP contribution in [0.1, 0.15) is 5.82 Å². The highest BCUT2D eigenvalue weighted by Crippen LogP contribution is 1.89. The summed E-state index contributed by atoms with van der Waals surface area (Å²) in [4.78, 5) is 15.1. The molecule has 2 heterocycles. The molecule has 0 N–H and O–H groups in total. The second-order valence-corrected chi connectivity index (χ2v) is 3.18. The first-order valence-corrected chi connectivity index (χ1v) is 4.74. The van der Waals surface area contributed by atoms with Gasteiger partial charge in [-0.15, -0.1) is 5.10 Å². The Kier molecular flexibility index (Phi) is 2.78. The molecular formula is C10H9N5O. The summed E-state index contributed by atoms with van der Waals surface area (Å²) < 4.78 is 3.12. The van der Waals surface area contributed by atoms with Gasteiger partial charge in [0, 0.05) is 18.8 Å². The van der Waals surface area contributed by atoms with Crippen LogP contribution in [0.4, 0.5) is 0 Å². The molecule has 6 heteroatoms. The van der Waals surface area contributed by atoms with Gasteiger partial charge in [-0.25, -0.2) is 9.67 Å². The average Bonchev–Trinajstić information content (AvgIpc) is 2.76. The van der Waals surface area contributed by atoms with Gasteiger partial charge in [-0.05, 0) is 6.07 Å². The Morgan fingerprint density at radius 3 is 2.94 bits per heavy atom. The normalized spacial score (nSPS) is 9.94. The minimum absolute atomic E-state index is 0.0527. The molecule has 0 radical (unpaired) electrons. The summed E-state index contributed by atoms with van der Waals surface area (Å²) in [5, 5.41) is 12.4. The molecule has 0 fully saturated rings. The predicted molar refractivity (Wildman–Crippen MR) is 55.4 cm³/mol. The van der Waals surface area contributed by atoms with Crippen molar-refractivity contribution in [1.29, 1.82) is 5.26 Å². The van der Waals surface area contributed by atoms with E-state index in [0.717, 1.165) is 0 Å². The summed E-state index contributed by atoms with van der Waals surface area (Å²) >= 11 is 0. The van der Waals surface area contributed by atoms with Crippen molar-refractivity contribution in [2.75, 3.05) is 0 Å². The van der Waals surface area contributed by atoms with Crippen molar-refractivity contribution in [3.05, 3.63) is 46.9 Å². The number of hydrogen-bond acceptors (Lipinski definition) is 4. The summed E-state index contributed by atoms with van der Waals surface area (Å²) in [6, 6.07) is 6.84. The van der Waals surface area contributed by atoms with Crippen LogP contribution < -0.4 is 5.56 Å². The van der Waals surface area contributed by atoms with Crippen molar-refractivity contribution < 1.29 is 0 Å². The van der Waals surface area contributed by atoms with Crippen molar-refractivity contribution >= 4 is 0 Å². The van der Waals surface area contributed by atoms with Gasteiger partial charge in [0.15, 0.2) is 0 Å². The highest BCUT2D eigenvalue weighted by Gasteiger charge is 1.99. The van der Waals surface area contributed by atoms with E-state index in [4.69, 9.17) is 5.26 Å². The maximum Gasteiger partial charge on any atom is 0.252 e. The molecule has 0 aliphatic carbocycles. The molecule has 0 atom stereocenters. The van der Waals surface area contributed by atoms with Crippen molar-refractivity contribution in [3.63, 3.8) is 0 Å². The largest absolute Gasteiger partial charge is 0.314 e. The zero-order chi connectivity index (χ0) is 11.4. The van der Waals surface area contributed by atoms with Crippen molar-refractivity contribution in [1.82, 2.24) is 19.3 Å². The topological polar surface area (TPSA) is 76.5 Å². The van der Waals surface area contributed by atoms with Crippen LogP contribution in [0.2, 0.25) is 0 Å². The van der Waals surface area contributed by atoms with E-state index >= 15 is 0 Å². The van der Waals surface area contributed by atoms with Crippen LogP contribution in [0.15, 0.2) is 35.5 Å².